The Morgan fingerprint density at radius 1 is 1.28 bits per heavy atom. The van der Waals surface area contributed by atoms with Crippen LogP contribution in [0.4, 0.5) is 11.5 Å². The van der Waals surface area contributed by atoms with E-state index < -0.39 is 0 Å². The number of piperidine rings is 1. The van der Waals surface area contributed by atoms with E-state index in [0.717, 1.165) is 30.3 Å². The SMILES string of the molecule is CCc1nn(C)c(N2CCCC3CCCC32)c1N. The van der Waals surface area contributed by atoms with Crippen LogP contribution in [-0.4, -0.2) is 22.4 Å². The predicted molar refractivity (Wildman–Crippen MR) is 74.7 cm³/mol. The van der Waals surface area contributed by atoms with E-state index in [-0.39, 0.29) is 0 Å². The van der Waals surface area contributed by atoms with Crippen molar-refractivity contribution in [1.29, 1.82) is 0 Å². The van der Waals surface area contributed by atoms with Crippen LogP contribution in [0.2, 0.25) is 0 Å². The molecule has 2 heterocycles. The van der Waals surface area contributed by atoms with Crippen molar-refractivity contribution in [1.82, 2.24) is 9.78 Å². The third-order valence-electron chi connectivity index (χ3n) is 4.73. The molecule has 0 amide bonds. The molecule has 0 radical (unpaired) electrons. The van der Waals surface area contributed by atoms with Gasteiger partial charge in [0, 0.05) is 19.6 Å². The summed E-state index contributed by atoms with van der Waals surface area (Å²) >= 11 is 0. The Bertz CT molecular complexity index is 437. The van der Waals surface area contributed by atoms with Crippen LogP contribution in [0.25, 0.3) is 0 Å². The topological polar surface area (TPSA) is 47.1 Å². The zero-order valence-corrected chi connectivity index (χ0v) is 11.5. The highest BCUT2D eigenvalue weighted by molar-refractivity contribution is 5.67. The molecule has 1 saturated heterocycles. The summed E-state index contributed by atoms with van der Waals surface area (Å²) in [6.45, 7) is 3.27. The molecule has 1 aromatic rings. The van der Waals surface area contributed by atoms with Gasteiger partial charge in [-0.3, -0.25) is 4.68 Å². The van der Waals surface area contributed by atoms with Crippen molar-refractivity contribution in [2.24, 2.45) is 13.0 Å². The number of rotatable bonds is 2. The highest BCUT2D eigenvalue weighted by atomic mass is 15.4. The summed E-state index contributed by atoms with van der Waals surface area (Å²) < 4.78 is 1.99. The molecule has 2 fully saturated rings. The molecule has 0 bridgehead atoms. The largest absolute Gasteiger partial charge is 0.394 e. The molecule has 1 aliphatic heterocycles. The van der Waals surface area contributed by atoms with Gasteiger partial charge in [0.05, 0.1) is 11.4 Å². The van der Waals surface area contributed by atoms with Crippen LogP contribution in [0.3, 0.4) is 0 Å². The van der Waals surface area contributed by atoms with Gasteiger partial charge in [-0.05, 0) is 38.0 Å². The number of nitrogen functional groups attached to an aromatic ring is 1. The van der Waals surface area contributed by atoms with E-state index in [1.54, 1.807) is 0 Å². The normalized spacial score (nSPS) is 27.6. The van der Waals surface area contributed by atoms with Gasteiger partial charge in [0.2, 0.25) is 0 Å². The maximum absolute atomic E-state index is 6.30. The van der Waals surface area contributed by atoms with Crippen LogP contribution in [0.15, 0.2) is 0 Å². The molecule has 2 atom stereocenters. The first-order valence-electron chi connectivity index (χ1n) is 7.30. The van der Waals surface area contributed by atoms with E-state index in [0.29, 0.717) is 6.04 Å². The fourth-order valence-electron chi connectivity index (χ4n) is 3.90. The lowest BCUT2D eigenvalue weighted by atomic mass is 9.92. The molecular formula is C14H24N4. The van der Waals surface area contributed by atoms with Crippen molar-refractivity contribution in [3.63, 3.8) is 0 Å². The molecule has 2 aliphatic rings. The molecule has 100 valence electrons. The van der Waals surface area contributed by atoms with E-state index in [9.17, 15) is 0 Å². The lowest BCUT2D eigenvalue weighted by Gasteiger charge is -2.39. The second kappa shape index (κ2) is 4.48. The molecule has 0 aromatic carbocycles. The van der Waals surface area contributed by atoms with Crippen LogP contribution in [-0.2, 0) is 13.5 Å². The highest BCUT2D eigenvalue weighted by Crippen LogP contribution is 2.41. The quantitative estimate of drug-likeness (QED) is 0.874. The van der Waals surface area contributed by atoms with Gasteiger partial charge in [-0.25, -0.2) is 0 Å². The number of aromatic nitrogens is 2. The summed E-state index contributed by atoms with van der Waals surface area (Å²) in [7, 11) is 2.03. The smallest absolute Gasteiger partial charge is 0.150 e. The number of aryl methyl sites for hydroxylation is 2. The standard InChI is InChI=1S/C14H24N4/c1-3-11-13(15)14(17(2)16-11)18-9-5-7-10-6-4-8-12(10)18/h10,12H,3-9,15H2,1-2H3. The van der Waals surface area contributed by atoms with Crippen molar-refractivity contribution in [3.05, 3.63) is 5.69 Å². The first-order valence-corrected chi connectivity index (χ1v) is 7.30. The summed E-state index contributed by atoms with van der Waals surface area (Å²) in [6.07, 6.45) is 7.73. The van der Waals surface area contributed by atoms with Crippen molar-refractivity contribution in [2.75, 3.05) is 17.2 Å². The molecule has 0 spiro atoms. The average molecular weight is 248 g/mol. The van der Waals surface area contributed by atoms with Crippen LogP contribution in [0.5, 0.6) is 0 Å². The Labute approximate surface area is 109 Å². The minimum atomic E-state index is 0.709. The second-order valence-corrected chi connectivity index (χ2v) is 5.76. The summed E-state index contributed by atoms with van der Waals surface area (Å²) in [6, 6.07) is 0.709. The maximum Gasteiger partial charge on any atom is 0.150 e. The summed E-state index contributed by atoms with van der Waals surface area (Å²) in [5.41, 5.74) is 8.26. The van der Waals surface area contributed by atoms with E-state index in [4.69, 9.17) is 5.73 Å². The second-order valence-electron chi connectivity index (χ2n) is 5.76. The maximum atomic E-state index is 6.30. The Kier molecular flexibility index (Phi) is 2.96. The third-order valence-corrected chi connectivity index (χ3v) is 4.73. The van der Waals surface area contributed by atoms with Gasteiger partial charge in [0.25, 0.3) is 0 Å². The zero-order valence-electron chi connectivity index (χ0n) is 11.5. The van der Waals surface area contributed by atoms with Gasteiger partial charge in [-0.2, -0.15) is 5.10 Å². The van der Waals surface area contributed by atoms with E-state index in [2.05, 4.69) is 16.9 Å². The minimum Gasteiger partial charge on any atom is -0.394 e. The van der Waals surface area contributed by atoms with Crippen molar-refractivity contribution in [3.8, 4) is 0 Å². The Morgan fingerprint density at radius 2 is 2.06 bits per heavy atom. The Balaban J connectivity index is 1.96. The molecule has 18 heavy (non-hydrogen) atoms. The molecule has 1 saturated carbocycles. The molecule has 4 nitrogen and oxygen atoms in total. The first-order chi connectivity index (χ1) is 8.72. The fraction of sp³-hybridized carbons (Fsp3) is 0.786. The molecule has 4 heteroatoms. The number of fused-ring (bicyclic) bond motifs is 1. The van der Waals surface area contributed by atoms with Crippen LogP contribution in [0.1, 0.15) is 44.7 Å². The molecular weight excluding hydrogens is 224 g/mol. The van der Waals surface area contributed by atoms with E-state index in [1.165, 1.54) is 37.9 Å². The summed E-state index contributed by atoms with van der Waals surface area (Å²) in [5.74, 6) is 2.06. The van der Waals surface area contributed by atoms with Gasteiger partial charge in [-0.15, -0.1) is 0 Å². The lowest BCUT2D eigenvalue weighted by Crippen LogP contribution is -2.43. The first kappa shape index (κ1) is 11.9. The molecule has 1 aliphatic carbocycles. The van der Waals surface area contributed by atoms with Gasteiger partial charge < -0.3 is 10.6 Å². The van der Waals surface area contributed by atoms with Gasteiger partial charge in [-0.1, -0.05) is 13.3 Å². The summed E-state index contributed by atoms with van der Waals surface area (Å²) in [5, 5.41) is 4.57. The Hall–Kier alpha value is -1.19. The molecule has 1 aromatic heterocycles. The van der Waals surface area contributed by atoms with Gasteiger partial charge >= 0.3 is 0 Å². The zero-order chi connectivity index (χ0) is 12.7. The lowest BCUT2D eigenvalue weighted by molar-refractivity contribution is 0.358. The van der Waals surface area contributed by atoms with Crippen LogP contribution >= 0.6 is 0 Å². The number of hydrogen-bond acceptors (Lipinski definition) is 3. The van der Waals surface area contributed by atoms with E-state index >= 15 is 0 Å². The predicted octanol–water partition coefficient (Wildman–Crippen LogP) is 2.33. The van der Waals surface area contributed by atoms with Crippen molar-refractivity contribution in [2.45, 2.75) is 51.5 Å². The average Bonchev–Trinajstić information content (AvgIpc) is 2.94. The molecule has 3 rings (SSSR count). The third kappa shape index (κ3) is 1.70. The number of hydrogen-bond donors (Lipinski definition) is 1. The highest BCUT2D eigenvalue weighted by Gasteiger charge is 2.37. The van der Waals surface area contributed by atoms with Gasteiger partial charge in [0.15, 0.2) is 5.82 Å². The molecule has 2 N–H and O–H groups in total. The van der Waals surface area contributed by atoms with Gasteiger partial charge in [0.1, 0.15) is 0 Å². The minimum absolute atomic E-state index is 0.709. The number of nitrogens with two attached hydrogens (primary N) is 1. The van der Waals surface area contributed by atoms with Crippen molar-refractivity contribution < 1.29 is 0 Å². The van der Waals surface area contributed by atoms with E-state index in [1.807, 2.05) is 11.7 Å². The van der Waals surface area contributed by atoms with Crippen LogP contribution < -0.4 is 10.6 Å². The number of anilines is 2. The molecule has 2 unspecified atom stereocenters. The monoisotopic (exact) mass is 248 g/mol. The van der Waals surface area contributed by atoms with Crippen LogP contribution in [0, 0.1) is 5.92 Å². The summed E-state index contributed by atoms with van der Waals surface area (Å²) in [4.78, 5) is 2.54. The van der Waals surface area contributed by atoms with Crippen molar-refractivity contribution >= 4 is 11.5 Å². The number of nitrogens with zero attached hydrogens (tertiary/aromatic N) is 3. The Morgan fingerprint density at radius 3 is 2.78 bits per heavy atom. The fourth-order valence-corrected chi connectivity index (χ4v) is 3.90.